The fraction of sp³-hybridized carbons (Fsp3) is 0.227. The SMILES string of the molecule is N#Cc1cnc2c(F)ccc(Cl)c2c1N1CCN(CC(=O)Nc2ccccc2Cl)CC1. The van der Waals surface area contributed by atoms with Crippen LogP contribution in [0.5, 0.6) is 0 Å². The molecule has 2 heterocycles. The van der Waals surface area contributed by atoms with E-state index < -0.39 is 5.82 Å². The topological polar surface area (TPSA) is 72.3 Å². The maximum absolute atomic E-state index is 14.3. The lowest BCUT2D eigenvalue weighted by Gasteiger charge is -2.36. The number of aromatic nitrogens is 1. The Morgan fingerprint density at radius 3 is 2.58 bits per heavy atom. The molecule has 1 aliphatic heterocycles. The lowest BCUT2D eigenvalue weighted by molar-refractivity contribution is -0.117. The Balaban J connectivity index is 1.49. The first-order valence-electron chi connectivity index (χ1n) is 9.66. The standard InChI is InChI=1S/C22H18Cl2FN5O/c23-15-3-1-2-4-18(15)28-19(31)13-29-7-9-30(10-8-29)22-14(11-26)12-27-21-17(25)6-5-16(24)20(21)22/h1-6,12H,7-10,13H2,(H,28,31). The molecule has 4 rings (SSSR count). The number of hydrogen-bond donors (Lipinski definition) is 1. The number of nitriles is 1. The molecule has 0 bridgehead atoms. The van der Waals surface area contributed by atoms with Gasteiger partial charge in [0.1, 0.15) is 17.4 Å². The van der Waals surface area contributed by atoms with E-state index in [2.05, 4.69) is 16.4 Å². The summed E-state index contributed by atoms with van der Waals surface area (Å²) < 4.78 is 14.3. The lowest BCUT2D eigenvalue weighted by atomic mass is 10.1. The van der Waals surface area contributed by atoms with E-state index >= 15 is 0 Å². The minimum absolute atomic E-state index is 0.142. The van der Waals surface area contributed by atoms with E-state index in [1.807, 2.05) is 9.80 Å². The molecule has 1 saturated heterocycles. The summed E-state index contributed by atoms with van der Waals surface area (Å²) in [4.78, 5) is 20.5. The van der Waals surface area contributed by atoms with Crippen molar-refractivity contribution in [2.24, 2.45) is 0 Å². The number of amides is 1. The highest BCUT2D eigenvalue weighted by molar-refractivity contribution is 6.36. The highest BCUT2D eigenvalue weighted by Gasteiger charge is 2.25. The molecule has 1 amide bonds. The maximum Gasteiger partial charge on any atom is 0.238 e. The van der Waals surface area contributed by atoms with Crippen molar-refractivity contribution in [1.29, 1.82) is 5.26 Å². The fourth-order valence-corrected chi connectivity index (χ4v) is 4.14. The van der Waals surface area contributed by atoms with Gasteiger partial charge >= 0.3 is 0 Å². The highest BCUT2D eigenvalue weighted by Crippen LogP contribution is 2.36. The molecule has 2 aromatic carbocycles. The van der Waals surface area contributed by atoms with Gasteiger partial charge in [-0.2, -0.15) is 5.26 Å². The van der Waals surface area contributed by atoms with Crippen molar-refractivity contribution in [3.63, 3.8) is 0 Å². The molecule has 0 aliphatic carbocycles. The van der Waals surface area contributed by atoms with Gasteiger partial charge in [-0.1, -0.05) is 35.3 Å². The van der Waals surface area contributed by atoms with E-state index in [9.17, 15) is 14.4 Å². The first-order chi connectivity index (χ1) is 15.0. The van der Waals surface area contributed by atoms with Gasteiger partial charge in [-0.05, 0) is 24.3 Å². The Labute approximate surface area is 188 Å². The van der Waals surface area contributed by atoms with E-state index in [1.54, 1.807) is 24.3 Å². The normalized spacial score (nSPS) is 14.5. The van der Waals surface area contributed by atoms with Crippen LogP contribution < -0.4 is 10.2 Å². The quantitative estimate of drug-likeness (QED) is 0.631. The van der Waals surface area contributed by atoms with Crippen molar-refractivity contribution in [3.05, 3.63) is 64.0 Å². The number of piperazine rings is 1. The number of anilines is 2. The first kappa shape index (κ1) is 21.3. The van der Waals surface area contributed by atoms with Gasteiger partial charge in [0.15, 0.2) is 0 Å². The minimum Gasteiger partial charge on any atom is -0.367 e. The average Bonchev–Trinajstić information content (AvgIpc) is 2.77. The number of pyridine rings is 1. The molecule has 9 heteroatoms. The summed E-state index contributed by atoms with van der Waals surface area (Å²) in [6.07, 6.45) is 1.38. The van der Waals surface area contributed by atoms with Crippen molar-refractivity contribution in [2.45, 2.75) is 0 Å². The van der Waals surface area contributed by atoms with Crippen LogP contribution in [0.25, 0.3) is 10.9 Å². The Kier molecular flexibility index (Phi) is 6.23. The van der Waals surface area contributed by atoms with Crippen LogP contribution in [0.3, 0.4) is 0 Å². The van der Waals surface area contributed by atoms with E-state index in [0.29, 0.717) is 58.5 Å². The van der Waals surface area contributed by atoms with Crippen LogP contribution in [0, 0.1) is 17.1 Å². The Morgan fingerprint density at radius 2 is 1.87 bits per heavy atom. The molecule has 0 unspecified atom stereocenters. The number of fused-ring (bicyclic) bond motifs is 1. The Hall–Kier alpha value is -2.92. The van der Waals surface area contributed by atoms with Crippen LogP contribution in [0.2, 0.25) is 10.0 Å². The second-order valence-corrected chi connectivity index (χ2v) is 7.99. The van der Waals surface area contributed by atoms with Crippen LogP contribution in [0.1, 0.15) is 5.56 Å². The van der Waals surface area contributed by atoms with Gasteiger partial charge in [0.25, 0.3) is 0 Å². The first-order valence-corrected chi connectivity index (χ1v) is 10.4. The molecule has 0 radical (unpaired) electrons. The second-order valence-electron chi connectivity index (χ2n) is 7.18. The van der Waals surface area contributed by atoms with Crippen molar-refractivity contribution in [2.75, 3.05) is 42.9 Å². The zero-order valence-corrected chi connectivity index (χ0v) is 17.9. The monoisotopic (exact) mass is 457 g/mol. The number of rotatable bonds is 4. The smallest absolute Gasteiger partial charge is 0.238 e. The molecule has 0 atom stereocenters. The minimum atomic E-state index is -0.486. The maximum atomic E-state index is 14.3. The van der Waals surface area contributed by atoms with E-state index in [1.165, 1.54) is 18.3 Å². The van der Waals surface area contributed by atoms with Crippen LogP contribution in [-0.2, 0) is 4.79 Å². The Morgan fingerprint density at radius 1 is 1.13 bits per heavy atom. The van der Waals surface area contributed by atoms with Gasteiger partial charge in [-0.15, -0.1) is 0 Å². The van der Waals surface area contributed by atoms with Crippen molar-refractivity contribution in [1.82, 2.24) is 9.88 Å². The third-order valence-electron chi connectivity index (χ3n) is 5.22. The van der Waals surface area contributed by atoms with Gasteiger partial charge < -0.3 is 10.2 Å². The number of carbonyl (C=O) groups is 1. The number of halogens is 3. The Bertz CT molecular complexity index is 1190. The zero-order valence-electron chi connectivity index (χ0n) is 16.4. The van der Waals surface area contributed by atoms with E-state index in [0.717, 1.165) is 0 Å². The highest BCUT2D eigenvalue weighted by atomic mass is 35.5. The molecule has 0 spiro atoms. The van der Waals surface area contributed by atoms with Gasteiger partial charge in [0.05, 0.1) is 33.5 Å². The molecule has 31 heavy (non-hydrogen) atoms. The van der Waals surface area contributed by atoms with E-state index in [-0.39, 0.29) is 18.0 Å². The van der Waals surface area contributed by atoms with Gasteiger partial charge in [-0.25, -0.2) is 4.39 Å². The van der Waals surface area contributed by atoms with Crippen LogP contribution in [-0.4, -0.2) is 48.5 Å². The number of para-hydroxylation sites is 1. The molecule has 3 aromatic rings. The number of benzene rings is 2. The number of carbonyl (C=O) groups excluding carboxylic acids is 1. The summed E-state index contributed by atoms with van der Waals surface area (Å²) >= 11 is 12.4. The fourth-order valence-electron chi connectivity index (χ4n) is 3.71. The van der Waals surface area contributed by atoms with Crippen molar-refractivity contribution >= 4 is 51.4 Å². The van der Waals surface area contributed by atoms with Crippen LogP contribution >= 0.6 is 23.2 Å². The van der Waals surface area contributed by atoms with Crippen molar-refractivity contribution < 1.29 is 9.18 Å². The number of hydrogen-bond acceptors (Lipinski definition) is 5. The third-order valence-corrected chi connectivity index (χ3v) is 5.86. The molecule has 158 valence electrons. The number of nitrogens with one attached hydrogen (secondary N) is 1. The van der Waals surface area contributed by atoms with Crippen LogP contribution in [0.15, 0.2) is 42.6 Å². The van der Waals surface area contributed by atoms with Gasteiger partial charge in [-0.3, -0.25) is 14.7 Å². The molecular weight excluding hydrogens is 440 g/mol. The zero-order chi connectivity index (χ0) is 22.0. The molecule has 0 saturated carbocycles. The van der Waals surface area contributed by atoms with Crippen LogP contribution in [0.4, 0.5) is 15.8 Å². The van der Waals surface area contributed by atoms with Gasteiger partial charge in [0.2, 0.25) is 5.91 Å². The molecular formula is C22H18Cl2FN5O. The third kappa shape index (κ3) is 4.42. The summed E-state index contributed by atoms with van der Waals surface area (Å²) in [6, 6.07) is 11.9. The van der Waals surface area contributed by atoms with Crippen molar-refractivity contribution in [3.8, 4) is 6.07 Å². The predicted molar refractivity (Wildman–Crippen MR) is 120 cm³/mol. The molecule has 1 fully saturated rings. The molecule has 1 aliphatic rings. The second kappa shape index (κ2) is 9.06. The number of nitrogens with zero attached hydrogens (tertiary/aromatic N) is 4. The van der Waals surface area contributed by atoms with E-state index in [4.69, 9.17) is 23.2 Å². The average molecular weight is 458 g/mol. The summed E-state index contributed by atoms with van der Waals surface area (Å²) in [5, 5.41) is 13.7. The molecule has 1 N–H and O–H groups in total. The molecule has 6 nitrogen and oxygen atoms in total. The summed E-state index contributed by atoms with van der Waals surface area (Å²) in [6.45, 7) is 2.52. The predicted octanol–water partition coefficient (Wildman–Crippen LogP) is 4.31. The summed E-state index contributed by atoms with van der Waals surface area (Å²) in [5.41, 5.74) is 1.64. The largest absolute Gasteiger partial charge is 0.367 e. The van der Waals surface area contributed by atoms with Gasteiger partial charge in [0, 0.05) is 37.8 Å². The summed E-state index contributed by atoms with van der Waals surface area (Å²) in [5.74, 6) is -0.640. The molecule has 1 aromatic heterocycles. The lowest BCUT2D eigenvalue weighted by Crippen LogP contribution is -2.49. The summed E-state index contributed by atoms with van der Waals surface area (Å²) in [7, 11) is 0.